The molecule has 3 nitrogen and oxygen atoms in total. The average Bonchev–Trinajstić information content (AvgIpc) is 2.47. The third-order valence-electron chi connectivity index (χ3n) is 1.31. The van der Waals surface area contributed by atoms with Crippen molar-refractivity contribution in [2.75, 3.05) is 7.05 Å². The number of aliphatic imine (C=N–C) groups is 1. The second-order valence-electron chi connectivity index (χ2n) is 2.19. The van der Waals surface area contributed by atoms with Gasteiger partial charge in [0.2, 0.25) is 0 Å². The Balaban J connectivity index is 2.43. The van der Waals surface area contributed by atoms with Crippen LogP contribution in [0, 0.1) is 0 Å². The number of hydrogen-bond acceptors (Lipinski definition) is 2. The van der Waals surface area contributed by atoms with Crippen LogP contribution in [0.3, 0.4) is 0 Å². The Kier molecular flexibility index (Phi) is 3.55. The molecule has 1 heterocycles. The van der Waals surface area contributed by atoms with Crippen molar-refractivity contribution in [3.63, 3.8) is 0 Å². The summed E-state index contributed by atoms with van der Waals surface area (Å²) in [5, 5.41) is 5.02. The molecule has 0 aliphatic heterocycles. The maximum atomic E-state index is 5.46. The quantitative estimate of drug-likeness (QED) is 0.616. The lowest BCUT2D eigenvalue weighted by Crippen LogP contribution is -2.30. The number of thiophene rings is 1. The Bertz CT molecular complexity index is 282. The van der Waals surface area contributed by atoms with Gasteiger partial charge in [0.25, 0.3) is 0 Å². The Morgan fingerprint density at radius 3 is 3.08 bits per heavy atom. The van der Waals surface area contributed by atoms with Crippen LogP contribution in [0.2, 0.25) is 0 Å². The molecule has 0 saturated carbocycles. The van der Waals surface area contributed by atoms with Crippen LogP contribution < -0.4 is 11.1 Å². The zero-order chi connectivity index (χ0) is 8.97. The predicted molar refractivity (Wildman–Crippen MR) is 56.4 cm³/mol. The van der Waals surface area contributed by atoms with E-state index in [2.05, 4.69) is 32.3 Å². The topological polar surface area (TPSA) is 50.4 Å². The first-order chi connectivity index (χ1) is 5.72. The zero-order valence-corrected chi connectivity index (χ0v) is 9.08. The SMILES string of the molecule is CN=C(N)NCc1cc(Br)cs1. The molecule has 12 heavy (non-hydrogen) atoms. The maximum absolute atomic E-state index is 5.46. The Hall–Kier alpha value is -0.550. The Morgan fingerprint density at radius 2 is 2.58 bits per heavy atom. The van der Waals surface area contributed by atoms with E-state index in [9.17, 15) is 0 Å². The van der Waals surface area contributed by atoms with E-state index >= 15 is 0 Å². The van der Waals surface area contributed by atoms with E-state index in [1.165, 1.54) is 4.88 Å². The lowest BCUT2D eigenvalue weighted by Gasteiger charge is -2.00. The molecule has 1 rings (SSSR count). The van der Waals surface area contributed by atoms with Crippen molar-refractivity contribution in [3.8, 4) is 0 Å². The minimum absolute atomic E-state index is 0.472. The summed E-state index contributed by atoms with van der Waals surface area (Å²) in [6, 6.07) is 2.06. The number of nitrogens with two attached hydrogens (primary N) is 1. The minimum Gasteiger partial charge on any atom is -0.370 e. The molecule has 0 aromatic carbocycles. The van der Waals surface area contributed by atoms with E-state index in [-0.39, 0.29) is 0 Å². The van der Waals surface area contributed by atoms with Gasteiger partial charge in [0.05, 0.1) is 6.54 Å². The first-order valence-corrected chi connectivity index (χ1v) is 5.08. The first-order valence-electron chi connectivity index (χ1n) is 3.41. The van der Waals surface area contributed by atoms with E-state index in [4.69, 9.17) is 5.73 Å². The van der Waals surface area contributed by atoms with Gasteiger partial charge < -0.3 is 11.1 Å². The summed E-state index contributed by atoms with van der Waals surface area (Å²) in [4.78, 5) is 5.02. The molecule has 0 unspecified atom stereocenters. The van der Waals surface area contributed by atoms with Crippen LogP contribution in [0.5, 0.6) is 0 Å². The lowest BCUT2D eigenvalue weighted by atomic mass is 10.5. The van der Waals surface area contributed by atoms with Gasteiger partial charge in [-0.25, -0.2) is 0 Å². The summed E-state index contributed by atoms with van der Waals surface area (Å²) in [6.07, 6.45) is 0. The molecule has 0 aliphatic rings. The fraction of sp³-hybridized carbons (Fsp3) is 0.286. The van der Waals surface area contributed by atoms with E-state index in [1.54, 1.807) is 18.4 Å². The van der Waals surface area contributed by atoms with Crippen LogP contribution in [-0.2, 0) is 6.54 Å². The number of nitrogens with one attached hydrogen (secondary N) is 1. The lowest BCUT2D eigenvalue weighted by molar-refractivity contribution is 0.918. The summed E-state index contributed by atoms with van der Waals surface area (Å²) < 4.78 is 1.11. The molecule has 0 saturated heterocycles. The van der Waals surface area contributed by atoms with Gasteiger partial charge in [-0.3, -0.25) is 4.99 Å². The number of nitrogens with zero attached hydrogens (tertiary/aromatic N) is 1. The number of hydrogen-bond donors (Lipinski definition) is 2. The molecular formula is C7H10BrN3S. The van der Waals surface area contributed by atoms with Gasteiger partial charge in [0.1, 0.15) is 0 Å². The molecule has 0 spiro atoms. The second-order valence-corrected chi connectivity index (χ2v) is 4.11. The molecule has 0 amide bonds. The first kappa shape index (κ1) is 9.54. The molecule has 0 bridgehead atoms. The summed E-state index contributed by atoms with van der Waals surface area (Å²) in [5.41, 5.74) is 5.46. The average molecular weight is 248 g/mol. The molecule has 3 N–H and O–H groups in total. The molecule has 0 aliphatic carbocycles. The van der Waals surface area contributed by atoms with Crippen molar-refractivity contribution in [1.29, 1.82) is 0 Å². The molecule has 0 radical (unpaired) electrons. The smallest absolute Gasteiger partial charge is 0.188 e. The normalized spacial score (nSPS) is 11.7. The second kappa shape index (κ2) is 4.47. The molecular weight excluding hydrogens is 238 g/mol. The van der Waals surface area contributed by atoms with Crippen LogP contribution >= 0.6 is 27.3 Å². The predicted octanol–water partition coefficient (Wildman–Crippen LogP) is 1.54. The van der Waals surface area contributed by atoms with Gasteiger partial charge in [-0.05, 0) is 22.0 Å². The third-order valence-corrected chi connectivity index (χ3v) is 3.00. The standard InChI is InChI=1S/C7H10BrN3S/c1-10-7(9)11-3-6-2-5(8)4-12-6/h2,4H,3H2,1H3,(H3,9,10,11). The molecule has 1 aromatic rings. The van der Waals surface area contributed by atoms with Crippen LogP contribution in [0.15, 0.2) is 20.9 Å². The summed E-state index contributed by atoms with van der Waals surface area (Å²) in [7, 11) is 1.66. The van der Waals surface area contributed by atoms with Gasteiger partial charge in [0.15, 0.2) is 5.96 Å². The van der Waals surface area contributed by atoms with Crippen LogP contribution in [0.4, 0.5) is 0 Å². The number of rotatable bonds is 2. The zero-order valence-electron chi connectivity index (χ0n) is 6.67. The summed E-state index contributed by atoms with van der Waals surface area (Å²) in [6.45, 7) is 0.736. The van der Waals surface area contributed by atoms with E-state index in [0.29, 0.717) is 5.96 Å². The Morgan fingerprint density at radius 1 is 1.83 bits per heavy atom. The van der Waals surface area contributed by atoms with E-state index in [1.807, 2.05) is 5.38 Å². The van der Waals surface area contributed by atoms with Gasteiger partial charge >= 0.3 is 0 Å². The maximum Gasteiger partial charge on any atom is 0.188 e. The van der Waals surface area contributed by atoms with Crippen molar-refractivity contribution in [1.82, 2.24) is 5.32 Å². The summed E-state index contributed by atoms with van der Waals surface area (Å²) >= 11 is 5.06. The van der Waals surface area contributed by atoms with Crippen LogP contribution in [0.25, 0.3) is 0 Å². The monoisotopic (exact) mass is 247 g/mol. The fourth-order valence-electron chi connectivity index (χ4n) is 0.703. The van der Waals surface area contributed by atoms with Gasteiger partial charge in [-0.15, -0.1) is 11.3 Å². The molecule has 1 aromatic heterocycles. The van der Waals surface area contributed by atoms with E-state index in [0.717, 1.165) is 11.0 Å². The van der Waals surface area contributed by atoms with Crippen molar-refractivity contribution in [2.24, 2.45) is 10.7 Å². The van der Waals surface area contributed by atoms with Gasteiger partial charge in [-0.1, -0.05) is 0 Å². The molecule has 0 fully saturated rings. The van der Waals surface area contributed by atoms with Crippen molar-refractivity contribution < 1.29 is 0 Å². The highest BCUT2D eigenvalue weighted by atomic mass is 79.9. The fourth-order valence-corrected chi connectivity index (χ4v) is 2.09. The molecule has 66 valence electrons. The highest BCUT2D eigenvalue weighted by Gasteiger charge is 1.96. The van der Waals surface area contributed by atoms with Crippen LogP contribution in [0.1, 0.15) is 4.88 Å². The minimum atomic E-state index is 0.472. The third kappa shape index (κ3) is 2.83. The van der Waals surface area contributed by atoms with Gasteiger partial charge in [-0.2, -0.15) is 0 Å². The van der Waals surface area contributed by atoms with Crippen molar-refractivity contribution >= 4 is 33.2 Å². The summed E-state index contributed by atoms with van der Waals surface area (Å²) in [5.74, 6) is 0.472. The number of guanidine groups is 1. The van der Waals surface area contributed by atoms with Crippen molar-refractivity contribution in [3.05, 3.63) is 20.8 Å². The van der Waals surface area contributed by atoms with Crippen LogP contribution in [-0.4, -0.2) is 13.0 Å². The van der Waals surface area contributed by atoms with Crippen molar-refractivity contribution in [2.45, 2.75) is 6.54 Å². The van der Waals surface area contributed by atoms with Gasteiger partial charge in [0, 0.05) is 21.8 Å². The molecule has 5 heteroatoms. The largest absolute Gasteiger partial charge is 0.370 e. The van der Waals surface area contributed by atoms with E-state index < -0.39 is 0 Å². The molecule has 0 atom stereocenters. The highest BCUT2D eigenvalue weighted by Crippen LogP contribution is 2.19. The Labute approximate surface area is 83.8 Å². The highest BCUT2D eigenvalue weighted by molar-refractivity contribution is 9.10. The number of halogens is 1.